The van der Waals surface area contributed by atoms with E-state index in [1.54, 1.807) is 12.1 Å². The second-order valence-corrected chi connectivity index (χ2v) is 5.31. The van der Waals surface area contributed by atoms with Crippen LogP contribution in [0.4, 0.5) is 5.82 Å². The van der Waals surface area contributed by atoms with Gasteiger partial charge in [0, 0.05) is 18.1 Å². The third-order valence-electron chi connectivity index (χ3n) is 2.73. The number of hydrogen-bond donors (Lipinski definition) is 1. The van der Waals surface area contributed by atoms with E-state index in [0.29, 0.717) is 17.4 Å². The molecule has 0 unspecified atom stereocenters. The van der Waals surface area contributed by atoms with E-state index < -0.39 is 0 Å². The highest BCUT2D eigenvalue weighted by atomic mass is 35.5. The van der Waals surface area contributed by atoms with Crippen LogP contribution < -0.4 is 5.73 Å². The Morgan fingerprint density at radius 2 is 1.74 bits per heavy atom. The quantitative estimate of drug-likeness (QED) is 0.937. The molecule has 0 radical (unpaired) electrons. The fourth-order valence-corrected chi connectivity index (χ4v) is 2.12. The van der Waals surface area contributed by atoms with E-state index in [9.17, 15) is 0 Å². The Labute approximate surface area is 123 Å². The number of aromatic nitrogens is 1. The van der Waals surface area contributed by atoms with E-state index in [1.165, 1.54) is 5.56 Å². The first kappa shape index (κ1) is 14.1. The summed E-state index contributed by atoms with van der Waals surface area (Å²) in [5.74, 6) is 0.485. The molecule has 100 valence electrons. The molecule has 0 atom stereocenters. The summed E-state index contributed by atoms with van der Waals surface area (Å²) in [5, 5.41) is 1.38. The third kappa shape index (κ3) is 4.10. The van der Waals surface area contributed by atoms with Gasteiger partial charge in [-0.25, -0.2) is 4.98 Å². The lowest BCUT2D eigenvalue weighted by Crippen LogP contribution is -2.18. The van der Waals surface area contributed by atoms with Gasteiger partial charge in [0.1, 0.15) is 5.82 Å². The van der Waals surface area contributed by atoms with Crippen molar-refractivity contribution < 1.29 is 0 Å². The number of halogens is 2. The Morgan fingerprint density at radius 3 is 2.42 bits per heavy atom. The lowest BCUT2D eigenvalue weighted by Gasteiger charge is -2.17. The molecule has 2 N–H and O–H groups in total. The van der Waals surface area contributed by atoms with E-state index >= 15 is 0 Å². The molecule has 3 nitrogen and oxygen atoms in total. The van der Waals surface area contributed by atoms with Gasteiger partial charge in [-0.3, -0.25) is 4.90 Å². The standard InChI is InChI=1S/C14H15Cl2N3/c1-19(8-10-2-4-11(15)5-3-10)9-13-12(16)6-7-14(17)18-13/h2-7H,8-9H2,1H3,(H2,17,18). The molecule has 0 bridgehead atoms. The van der Waals surface area contributed by atoms with Gasteiger partial charge in [0.25, 0.3) is 0 Å². The second kappa shape index (κ2) is 6.24. The summed E-state index contributed by atoms with van der Waals surface area (Å²) >= 11 is 12.0. The number of pyridine rings is 1. The van der Waals surface area contributed by atoms with Gasteiger partial charge in [-0.15, -0.1) is 0 Å². The molecule has 2 rings (SSSR count). The maximum absolute atomic E-state index is 6.10. The fourth-order valence-electron chi connectivity index (χ4n) is 1.83. The van der Waals surface area contributed by atoms with Crippen molar-refractivity contribution in [3.8, 4) is 0 Å². The molecule has 0 saturated carbocycles. The maximum Gasteiger partial charge on any atom is 0.123 e. The van der Waals surface area contributed by atoms with Gasteiger partial charge in [0.05, 0.1) is 10.7 Å². The van der Waals surface area contributed by atoms with Crippen molar-refractivity contribution in [1.29, 1.82) is 0 Å². The van der Waals surface area contributed by atoms with E-state index in [4.69, 9.17) is 28.9 Å². The van der Waals surface area contributed by atoms with Crippen molar-refractivity contribution in [1.82, 2.24) is 9.88 Å². The zero-order valence-corrected chi connectivity index (χ0v) is 12.1. The summed E-state index contributed by atoms with van der Waals surface area (Å²) in [6, 6.07) is 11.3. The monoisotopic (exact) mass is 295 g/mol. The zero-order valence-electron chi connectivity index (χ0n) is 10.6. The van der Waals surface area contributed by atoms with Crippen molar-refractivity contribution in [3.63, 3.8) is 0 Å². The molecule has 1 heterocycles. The number of nitrogen functional groups attached to an aromatic ring is 1. The summed E-state index contributed by atoms with van der Waals surface area (Å²) in [6.07, 6.45) is 0. The summed E-state index contributed by atoms with van der Waals surface area (Å²) in [5.41, 5.74) is 7.65. The predicted molar refractivity (Wildman–Crippen MR) is 80.3 cm³/mol. The first-order valence-electron chi connectivity index (χ1n) is 5.88. The largest absolute Gasteiger partial charge is 0.384 e. The normalized spacial score (nSPS) is 10.9. The first-order chi connectivity index (χ1) is 9.04. The summed E-state index contributed by atoms with van der Waals surface area (Å²) < 4.78 is 0. The minimum atomic E-state index is 0.485. The molecule has 2 aromatic rings. The molecule has 0 amide bonds. The maximum atomic E-state index is 6.10. The molecule has 0 spiro atoms. The number of hydrogen-bond acceptors (Lipinski definition) is 3. The van der Waals surface area contributed by atoms with Crippen LogP contribution in [0.1, 0.15) is 11.3 Å². The number of anilines is 1. The second-order valence-electron chi connectivity index (χ2n) is 4.46. The molecule has 0 fully saturated rings. The Bertz CT molecular complexity index is 555. The number of benzene rings is 1. The van der Waals surface area contributed by atoms with E-state index in [0.717, 1.165) is 17.3 Å². The van der Waals surface area contributed by atoms with Crippen molar-refractivity contribution in [2.75, 3.05) is 12.8 Å². The molecule has 0 aliphatic rings. The van der Waals surface area contributed by atoms with Gasteiger partial charge in [-0.1, -0.05) is 35.3 Å². The molecule has 1 aromatic heterocycles. The molecule has 5 heteroatoms. The van der Waals surface area contributed by atoms with Crippen LogP contribution in [0.25, 0.3) is 0 Å². The van der Waals surface area contributed by atoms with Crippen LogP contribution in [-0.2, 0) is 13.1 Å². The summed E-state index contributed by atoms with van der Waals surface area (Å²) in [4.78, 5) is 6.37. The van der Waals surface area contributed by atoms with Crippen molar-refractivity contribution >= 4 is 29.0 Å². The minimum Gasteiger partial charge on any atom is -0.384 e. The Hall–Kier alpha value is -1.29. The van der Waals surface area contributed by atoms with E-state index in [1.807, 2.05) is 31.3 Å². The zero-order chi connectivity index (χ0) is 13.8. The lowest BCUT2D eigenvalue weighted by atomic mass is 10.2. The topological polar surface area (TPSA) is 42.2 Å². The molecular weight excluding hydrogens is 281 g/mol. The van der Waals surface area contributed by atoms with Gasteiger partial charge in [0.2, 0.25) is 0 Å². The van der Waals surface area contributed by atoms with Crippen LogP contribution in [0.3, 0.4) is 0 Å². The minimum absolute atomic E-state index is 0.485. The average molecular weight is 296 g/mol. The van der Waals surface area contributed by atoms with Crippen LogP contribution in [0.2, 0.25) is 10.0 Å². The molecular formula is C14H15Cl2N3. The summed E-state index contributed by atoms with van der Waals surface area (Å²) in [6.45, 7) is 1.44. The number of nitrogens with zero attached hydrogens (tertiary/aromatic N) is 2. The Morgan fingerprint density at radius 1 is 1.05 bits per heavy atom. The highest BCUT2D eigenvalue weighted by Crippen LogP contribution is 2.18. The van der Waals surface area contributed by atoms with Crippen LogP contribution >= 0.6 is 23.2 Å². The molecule has 19 heavy (non-hydrogen) atoms. The van der Waals surface area contributed by atoms with Gasteiger partial charge in [-0.05, 0) is 36.9 Å². The highest BCUT2D eigenvalue weighted by Gasteiger charge is 2.07. The molecule has 0 aliphatic heterocycles. The average Bonchev–Trinajstić information content (AvgIpc) is 2.37. The number of nitrogens with two attached hydrogens (primary N) is 1. The first-order valence-corrected chi connectivity index (χ1v) is 6.64. The molecule has 0 saturated heterocycles. The molecule has 0 aliphatic carbocycles. The predicted octanol–water partition coefficient (Wildman–Crippen LogP) is 3.60. The van der Waals surface area contributed by atoms with Gasteiger partial charge in [0.15, 0.2) is 0 Å². The third-order valence-corrected chi connectivity index (χ3v) is 3.32. The SMILES string of the molecule is CN(Cc1ccc(Cl)cc1)Cc1nc(N)ccc1Cl. The van der Waals surface area contributed by atoms with Crippen LogP contribution in [0.5, 0.6) is 0 Å². The van der Waals surface area contributed by atoms with Crippen LogP contribution in [0, 0.1) is 0 Å². The van der Waals surface area contributed by atoms with Crippen LogP contribution in [0.15, 0.2) is 36.4 Å². The lowest BCUT2D eigenvalue weighted by molar-refractivity contribution is 0.315. The van der Waals surface area contributed by atoms with Crippen molar-refractivity contribution in [2.24, 2.45) is 0 Å². The number of rotatable bonds is 4. The van der Waals surface area contributed by atoms with E-state index in [-0.39, 0.29) is 0 Å². The smallest absolute Gasteiger partial charge is 0.123 e. The molecule has 1 aromatic carbocycles. The highest BCUT2D eigenvalue weighted by molar-refractivity contribution is 6.31. The van der Waals surface area contributed by atoms with Gasteiger partial charge < -0.3 is 5.73 Å². The van der Waals surface area contributed by atoms with Crippen LogP contribution in [-0.4, -0.2) is 16.9 Å². The van der Waals surface area contributed by atoms with E-state index in [2.05, 4.69) is 9.88 Å². The summed E-state index contributed by atoms with van der Waals surface area (Å²) in [7, 11) is 2.01. The van der Waals surface area contributed by atoms with Gasteiger partial charge >= 0.3 is 0 Å². The fraction of sp³-hybridized carbons (Fsp3) is 0.214. The van der Waals surface area contributed by atoms with Crippen molar-refractivity contribution in [2.45, 2.75) is 13.1 Å². The Balaban J connectivity index is 2.02. The van der Waals surface area contributed by atoms with Crippen molar-refractivity contribution in [3.05, 3.63) is 57.7 Å². The Kier molecular flexibility index (Phi) is 4.64. The van der Waals surface area contributed by atoms with Gasteiger partial charge in [-0.2, -0.15) is 0 Å².